The molecule has 0 amide bonds. The normalized spacial score (nSPS) is 12.9. The first-order valence-corrected chi connectivity index (χ1v) is 6.46. The minimum atomic E-state index is 0.419. The molecule has 1 nitrogen and oxygen atoms in total. The van der Waals surface area contributed by atoms with Gasteiger partial charge in [0.1, 0.15) is 0 Å². The van der Waals surface area contributed by atoms with Crippen LogP contribution in [0.1, 0.15) is 24.0 Å². The maximum Gasteiger partial charge on any atom is 0.0242 e. The third-order valence-corrected chi connectivity index (χ3v) is 3.61. The van der Waals surface area contributed by atoms with E-state index >= 15 is 0 Å². The van der Waals surface area contributed by atoms with Crippen molar-refractivity contribution in [2.75, 3.05) is 14.1 Å². The molecule has 1 atom stereocenters. The van der Waals surface area contributed by atoms with Gasteiger partial charge in [0.2, 0.25) is 0 Å². The second-order valence-electron chi connectivity index (χ2n) is 5.00. The fourth-order valence-corrected chi connectivity index (χ4v) is 2.37. The molecule has 0 aliphatic heterocycles. The highest BCUT2D eigenvalue weighted by Crippen LogP contribution is 2.29. The van der Waals surface area contributed by atoms with Gasteiger partial charge in [0.15, 0.2) is 0 Å². The molecule has 2 aromatic rings. The summed E-state index contributed by atoms with van der Waals surface area (Å²) in [7, 11) is 4.28. The van der Waals surface area contributed by atoms with Gasteiger partial charge in [-0.05, 0) is 32.1 Å². The first-order valence-electron chi connectivity index (χ1n) is 6.46. The Morgan fingerprint density at radius 3 is 1.44 bits per heavy atom. The van der Waals surface area contributed by atoms with Crippen LogP contribution in [0.4, 0.5) is 0 Å². The average Bonchev–Trinajstić information content (AvgIpc) is 2.41. The van der Waals surface area contributed by atoms with Crippen LogP contribution < -0.4 is 0 Å². The van der Waals surface area contributed by atoms with E-state index in [-0.39, 0.29) is 0 Å². The zero-order valence-corrected chi connectivity index (χ0v) is 11.4. The lowest BCUT2D eigenvalue weighted by molar-refractivity contribution is 0.289. The smallest absolute Gasteiger partial charge is 0.0242 e. The standard InChI is InChI=1S/C17H21N/c1-14(18(2)3)17(15-10-6-4-7-11-15)16-12-8-5-9-13-16/h4-14,17H,1-3H3/t14-/m0/s1. The molecule has 2 rings (SSSR count). The second-order valence-corrected chi connectivity index (χ2v) is 5.00. The van der Waals surface area contributed by atoms with Gasteiger partial charge in [0, 0.05) is 12.0 Å². The van der Waals surface area contributed by atoms with Gasteiger partial charge in [0.05, 0.1) is 0 Å². The van der Waals surface area contributed by atoms with Gasteiger partial charge >= 0.3 is 0 Å². The molecule has 0 N–H and O–H groups in total. The Morgan fingerprint density at radius 2 is 1.11 bits per heavy atom. The molecule has 1 heteroatoms. The molecule has 0 aliphatic rings. The van der Waals surface area contributed by atoms with E-state index in [9.17, 15) is 0 Å². The molecule has 0 unspecified atom stereocenters. The molecular formula is C17H21N. The molecule has 0 fully saturated rings. The fraction of sp³-hybridized carbons (Fsp3) is 0.294. The Hall–Kier alpha value is -1.60. The van der Waals surface area contributed by atoms with Gasteiger partial charge in [-0.25, -0.2) is 0 Å². The van der Waals surface area contributed by atoms with Gasteiger partial charge < -0.3 is 4.90 Å². The summed E-state index contributed by atoms with van der Waals surface area (Å²) in [6, 6.07) is 22.0. The van der Waals surface area contributed by atoms with E-state index in [0.29, 0.717) is 12.0 Å². The van der Waals surface area contributed by atoms with Crippen LogP contribution >= 0.6 is 0 Å². The monoisotopic (exact) mass is 239 g/mol. The third-order valence-electron chi connectivity index (χ3n) is 3.61. The zero-order chi connectivity index (χ0) is 13.0. The molecule has 94 valence electrons. The number of benzene rings is 2. The Kier molecular flexibility index (Phi) is 4.16. The van der Waals surface area contributed by atoms with Crippen molar-refractivity contribution in [1.82, 2.24) is 4.90 Å². The number of rotatable bonds is 4. The van der Waals surface area contributed by atoms with Crippen LogP contribution in [0.5, 0.6) is 0 Å². The molecule has 0 radical (unpaired) electrons. The van der Waals surface area contributed by atoms with E-state index in [1.54, 1.807) is 0 Å². The Labute approximate surface area is 110 Å². The second kappa shape index (κ2) is 5.83. The summed E-state index contributed by atoms with van der Waals surface area (Å²) in [5.74, 6) is 0.419. The van der Waals surface area contributed by atoms with Crippen LogP contribution in [0, 0.1) is 0 Å². The summed E-state index contributed by atoms with van der Waals surface area (Å²) in [5.41, 5.74) is 2.76. The van der Waals surface area contributed by atoms with E-state index < -0.39 is 0 Å². The van der Waals surface area contributed by atoms with E-state index in [0.717, 1.165) is 0 Å². The molecular weight excluding hydrogens is 218 g/mol. The zero-order valence-electron chi connectivity index (χ0n) is 11.4. The van der Waals surface area contributed by atoms with Crippen molar-refractivity contribution < 1.29 is 0 Å². The fourth-order valence-electron chi connectivity index (χ4n) is 2.37. The quantitative estimate of drug-likeness (QED) is 0.785. The predicted octanol–water partition coefficient (Wildman–Crippen LogP) is 3.77. The van der Waals surface area contributed by atoms with E-state index in [4.69, 9.17) is 0 Å². The van der Waals surface area contributed by atoms with Crippen molar-refractivity contribution in [2.24, 2.45) is 0 Å². The Morgan fingerprint density at radius 1 is 0.722 bits per heavy atom. The first kappa shape index (κ1) is 12.8. The van der Waals surface area contributed by atoms with Gasteiger partial charge in [-0.15, -0.1) is 0 Å². The number of nitrogens with zero attached hydrogens (tertiary/aromatic N) is 1. The van der Waals surface area contributed by atoms with Crippen molar-refractivity contribution >= 4 is 0 Å². The number of hydrogen-bond acceptors (Lipinski definition) is 1. The Bertz CT molecular complexity index is 422. The maximum absolute atomic E-state index is 2.28. The molecule has 0 aromatic heterocycles. The van der Waals surface area contributed by atoms with Crippen LogP contribution in [-0.4, -0.2) is 25.0 Å². The van der Waals surface area contributed by atoms with Gasteiger partial charge in [-0.2, -0.15) is 0 Å². The van der Waals surface area contributed by atoms with Crippen molar-refractivity contribution in [3.63, 3.8) is 0 Å². The largest absolute Gasteiger partial charge is 0.306 e. The average molecular weight is 239 g/mol. The minimum Gasteiger partial charge on any atom is -0.306 e. The van der Waals surface area contributed by atoms with Crippen LogP contribution in [0.15, 0.2) is 60.7 Å². The van der Waals surface area contributed by atoms with Crippen molar-refractivity contribution in [1.29, 1.82) is 0 Å². The maximum atomic E-state index is 2.28. The first-order chi connectivity index (χ1) is 8.70. The lowest BCUT2D eigenvalue weighted by atomic mass is 9.85. The van der Waals surface area contributed by atoms with Crippen LogP contribution in [0.2, 0.25) is 0 Å². The molecule has 0 spiro atoms. The van der Waals surface area contributed by atoms with E-state index in [2.05, 4.69) is 86.6 Å². The van der Waals surface area contributed by atoms with E-state index in [1.165, 1.54) is 11.1 Å². The highest BCUT2D eigenvalue weighted by Gasteiger charge is 2.22. The SMILES string of the molecule is C[C@@H](C(c1ccccc1)c1ccccc1)N(C)C. The summed E-state index contributed by atoms with van der Waals surface area (Å²) in [5, 5.41) is 0. The summed E-state index contributed by atoms with van der Waals surface area (Å²) < 4.78 is 0. The lowest BCUT2D eigenvalue weighted by Gasteiger charge is -2.30. The van der Waals surface area contributed by atoms with Crippen molar-refractivity contribution in [2.45, 2.75) is 18.9 Å². The van der Waals surface area contributed by atoms with Crippen LogP contribution in [-0.2, 0) is 0 Å². The molecule has 0 saturated carbocycles. The highest BCUT2D eigenvalue weighted by atomic mass is 15.1. The molecule has 2 aromatic carbocycles. The van der Waals surface area contributed by atoms with Gasteiger partial charge in [0.25, 0.3) is 0 Å². The summed E-state index contributed by atoms with van der Waals surface area (Å²) in [4.78, 5) is 2.28. The minimum absolute atomic E-state index is 0.419. The summed E-state index contributed by atoms with van der Waals surface area (Å²) >= 11 is 0. The molecule has 0 saturated heterocycles. The molecule has 0 bridgehead atoms. The van der Waals surface area contributed by atoms with Crippen LogP contribution in [0.3, 0.4) is 0 Å². The molecule has 18 heavy (non-hydrogen) atoms. The van der Waals surface area contributed by atoms with Crippen LogP contribution in [0.25, 0.3) is 0 Å². The van der Waals surface area contributed by atoms with Crippen molar-refractivity contribution in [3.05, 3.63) is 71.8 Å². The molecule has 0 heterocycles. The van der Waals surface area contributed by atoms with Crippen molar-refractivity contribution in [3.8, 4) is 0 Å². The lowest BCUT2D eigenvalue weighted by Crippen LogP contribution is -2.31. The number of likely N-dealkylation sites (N-methyl/N-ethyl adjacent to an activating group) is 1. The summed E-state index contributed by atoms with van der Waals surface area (Å²) in [6.07, 6.45) is 0. The third kappa shape index (κ3) is 2.80. The van der Waals surface area contributed by atoms with Gasteiger partial charge in [-0.3, -0.25) is 0 Å². The topological polar surface area (TPSA) is 3.24 Å². The van der Waals surface area contributed by atoms with Gasteiger partial charge in [-0.1, -0.05) is 60.7 Å². The molecule has 0 aliphatic carbocycles. The Balaban J connectivity index is 2.42. The predicted molar refractivity (Wildman–Crippen MR) is 77.9 cm³/mol. The summed E-state index contributed by atoms with van der Waals surface area (Å²) in [6.45, 7) is 2.28. The van der Waals surface area contributed by atoms with E-state index in [1.807, 2.05) is 0 Å². The number of hydrogen-bond donors (Lipinski definition) is 0. The highest BCUT2D eigenvalue weighted by molar-refractivity contribution is 5.34.